The first-order valence-corrected chi connectivity index (χ1v) is 9.72. The predicted octanol–water partition coefficient (Wildman–Crippen LogP) is 3.59. The molecule has 3 rings (SSSR count). The zero-order valence-electron chi connectivity index (χ0n) is 15.9. The molecule has 1 heterocycles. The summed E-state index contributed by atoms with van der Waals surface area (Å²) in [5.74, 6) is -0.531. The highest BCUT2D eigenvalue weighted by Gasteiger charge is 2.14. The van der Waals surface area contributed by atoms with Gasteiger partial charge < -0.3 is 10.4 Å². The third-order valence-corrected chi connectivity index (χ3v) is 5.18. The van der Waals surface area contributed by atoms with Crippen LogP contribution in [0.5, 0.6) is 5.88 Å². The Morgan fingerprint density at radius 3 is 2.39 bits per heavy atom. The number of carbonyl (C=O) groups excluding carboxylic acids is 1. The quantitative estimate of drug-likeness (QED) is 0.509. The maximum absolute atomic E-state index is 12.4. The topological polar surface area (TPSA) is 84.2 Å². The summed E-state index contributed by atoms with van der Waals surface area (Å²) in [4.78, 5) is 28.9. The van der Waals surface area contributed by atoms with E-state index >= 15 is 0 Å². The summed E-state index contributed by atoms with van der Waals surface area (Å²) in [5.41, 5.74) is 4.02. The SMILES string of the molecule is Cc1ccc(-n2c(SCC(=O)Nc3c(C)cccc3C)nc(O)cc2=O)cc1. The molecule has 2 aromatic carbocycles. The minimum Gasteiger partial charge on any atom is -0.493 e. The van der Waals surface area contributed by atoms with Crippen LogP contribution in [0.2, 0.25) is 0 Å². The number of hydrogen-bond donors (Lipinski definition) is 2. The molecule has 0 bridgehead atoms. The third kappa shape index (κ3) is 4.43. The standard InChI is InChI=1S/C21H21N3O3S/c1-13-7-9-16(10-8-13)24-19(27)11-17(25)23-21(24)28-12-18(26)22-20-14(2)5-4-6-15(20)3/h4-11,25H,12H2,1-3H3,(H,22,26). The number of amides is 1. The van der Waals surface area contributed by atoms with Crippen LogP contribution in [0.15, 0.2) is 58.5 Å². The second kappa shape index (κ2) is 8.31. The summed E-state index contributed by atoms with van der Waals surface area (Å²) in [5, 5.41) is 12.9. The molecule has 0 radical (unpaired) electrons. The number of aryl methyl sites for hydroxylation is 3. The fourth-order valence-electron chi connectivity index (χ4n) is 2.80. The first-order chi connectivity index (χ1) is 13.3. The van der Waals surface area contributed by atoms with Crippen molar-refractivity contribution in [2.45, 2.75) is 25.9 Å². The lowest BCUT2D eigenvalue weighted by molar-refractivity contribution is -0.113. The van der Waals surface area contributed by atoms with Crippen molar-refractivity contribution in [2.75, 3.05) is 11.1 Å². The van der Waals surface area contributed by atoms with Crippen molar-refractivity contribution in [3.05, 3.63) is 75.6 Å². The second-order valence-electron chi connectivity index (χ2n) is 6.51. The highest BCUT2D eigenvalue weighted by molar-refractivity contribution is 7.99. The maximum atomic E-state index is 12.4. The molecule has 144 valence electrons. The Labute approximate surface area is 167 Å². The lowest BCUT2D eigenvalue weighted by Crippen LogP contribution is -2.22. The van der Waals surface area contributed by atoms with E-state index in [-0.39, 0.29) is 22.7 Å². The molecule has 0 unspecified atom stereocenters. The molecule has 0 atom stereocenters. The molecular formula is C21H21N3O3S. The molecule has 0 fully saturated rings. The largest absolute Gasteiger partial charge is 0.493 e. The molecule has 0 aliphatic carbocycles. The number of benzene rings is 2. The molecule has 1 amide bonds. The van der Waals surface area contributed by atoms with E-state index in [1.807, 2.05) is 51.1 Å². The van der Waals surface area contributed by atoms with Gasteiger partial charge >= 0.3 is 0 Å². The maximum Gasteiger partial charge on any atom is 0.262 e. The number of para-hydroxylation sites is 1. The van der Waals surface area contributed by atoms with Crippen LogP contribution in [0.3, 0.4) is 0 Å². The molecule has 28 heavy (non-hydrogen) atoms. The molecule has 0 spiro atoms. The average molecular weight is 395 g/mol. The Morgan fingerprint density at radius 2 is 1.75 bits per heavy atom. The van der Waals surface area contributed by atoms with E-state index in [0.717, 1.165) is 40.2 Å². The van der Waals surface area contributed by atoms with Gasteiger partial charge in [0, 0.05) is 5.69 Å². The number of carbonyl (C=O) groups is 1. The second-order valence-corrected chi connectivity index (χ2v) is 7.45. The van der Waals surface area contributed by atoms with Crippen molar-refractivity contribution in [3.8, 4) is 11.6 Å². The van der Waals surface area contributed by atoms with E-state index in [2.05, 4.69) is 10.3 Å². The van der Waals surface area contributed by atoms with Crippen LogP contribution in [-0.4, -0.2) is 26.3 Å². The molecule has 3 aromatic rings. The predicted molar refractivity (Wildman–Crippen MR) is 112 cm³/mol. The summed E-state index contributed by atoms with van der Waals surface area (Å²) in [6, 6.07) is 14.2. The number of hydrogen-bond acceptors (Lipinski definition) is 5. The average Bonchev–Trinajstić information content (AvgIpc) is 2.64. The van der Waals surface area contributed by atoms with E-state index in [4.69, 9.17) is 0 Å². The zero-order chi connectivity index (χ0) is 20.3. The molecule has 6 nitrogen and oxygen atoms in total. The van der Waals surface area contributed by atoms with Gasteiger partial charge in [0.2, 0.25) is 11.8 Å². The van der Waals surface area contributed by atoms with Crippen LogP contribution in [-0.2, 0) is 4.79 Å². The normalized spacial score (nSPS) is 10.7. The van der Waals surface area contributed by atoms with Crippen LogP contribution in [0.4, 0.5) is 5.69 Å². The number of aromatic hydroxyl groups is 1. The van der Waals surface area contributed by atoms with Crippen molar-refractivity contribution < 1.29 is 9.90 Å². The van der Waals surface area contributed by atoms with Crippen LogP contribution in [0.25, 0.3) is 5.69 Å². The van der Waals surface area contributed by atoms with Gasteiger partial charge in [-0.2, -0.15) is 4.98 Å². The minimum absolute atomic E-state index is 0.0511. The number of nitrogens with one attached hydrogen (secondary N) is 1. The van der Waals surface area contributed by atoms with Crippen LogP contribution < -0.4 is 10.9 Å². The number of rotatable bonds is 5. The fourth-order valence-corrected chi connectivity index (χ4v) is 3.61. The monoisotopic (exact) mass is 395 g/mol. The smallest absolute Gasteiger partial charge is 0.262 e. The Bertz CT molecular complexity index is 1050. The van der Waals surface area contributed by atoms with E-state index in [1.54, 1.807) is 12.1 Å². The third-order valence-electron chi connectivity index (χ3n) is 4.24. The fraction of sp³-hybridized carbons (Fsp3) is 0.190. The minimum atomic E-state index is -0.408. The van der Waals surface area contributed by atoms with Gasteiger partial charge in [-0.15, -0.1) is 0 Å². The summed E-state index contributed by atoms with van der Waals surface area (Å²) >= 11 is 1.09. The van der Waals surface area contributed by atoms with Crippen LogP contribution in [0, 0.1) is 20.8 Å². The van der Waals surface area contributed by atoms with Gasteiger partial charge in [0.05, 0.1) is 17.5 Å². The van der Waals surface area contributed by atoms with Crippen molar-refractivity contribution in [3.63, 3.8) is 0 Å². The molecular weight excluding hydrogens is 374 g/mol. The van der Waals surface area contributed by atoms with Gasteiger partial charge in [-0.1, -0.05) is 47.7 Å². The Hall–Kier alpha value is -3.06. The molecule has 0 aliphatic rings. The number of aromatic nitrogens is 2. The first-order valence-electron chi connectivity index (χ1n) is 8.74. The number of thioether (sulfide) groups is 1. The van der Waals surface area contributed by atoms with E-state index in [0.29, 0.717) is 5.69 Å². The summed E-state index contributed by atoms with van der Waals surface area (Å²) < 4.78 is 1.39. The Morgan fingerprint density at radius 1 is 1.11 bits per heavy atom. The van der Waals surface area contributed by atoms with Gasteiger partial charge in [0.15, 0.2) is 5.16 Å². The molecule has 0 aliphatic heterocycles. The number of anilines is 1. The van der Waals surface area contributed by atoms with Gasteiger partial charge in [-0.3, -0.25) is 14.2 Å². The highest BCUT2D eigenvalue weighted by atomic mass is 32.2. The summed E-state index contributed by atoms with van der Waals surface area (Å²) in [6.07, 6.45) is 0. The molecule has 1 aromatic heterocycles. The van der Waals surface area contributed by atoms with Gasteiger partial charge in [-0.25, -0.2) is 0 Å². The summed E-state index contributed by atoms with van der Waals surface area (Å²) in [6.45, 7) is 5.82. The highest BCUT2D eigenvalue weighted by Crippen LogP contribution is 2.23. The molecule has 0 saturated carbocycles. The van der Waals surface area contributed by atoms with Gasteiger partial charge in [0.1, 0.15) is 0 Å². The lowest BCUT2D eigenvalue weighted by atomic mass is 10.1. The van der Waals surface area contributed by atoms with Crippen LogP contribution in [0.1, 0.15) is 16.7 Å². The molecule has 7 heteroatoms. The van der Waals surface area contributed by atoms with Gasteiger partial charge in [0.25, 0.3) is 5.56 Å². The van der Waals surface area contributed by atoms with Gasteiger partial charge in [-0.05, 0) is 44.0 Å². The number of nitrogens with zero attached hydrogens (tertiary/aromatic N) is 2. The zero-order valence-corrected chi connectivity index (χ0v) is 16.7. The van der Waals surface area contributed by atoms with E-state index < -0.39 is 5.56 Å². The Kier molecular flexibility index (Phi) is 5.84. The lowest BCUT2D eigenvalue weighted by Gasteiger charge is -2.13. The Balaban J connectivity index is 1.83. The first kappa shape index (κ1) is 19.7. The van der Waals surface area contributed by atoms with E-state index in [1.165, 1.54) is 4.57 Å². The van der Waals surface area contributed by atoms with Crippen molar-refractivity contribution in [1.82, 2.24) is 9.55 Å². The van der Waals surface area contributed by atoms with Crippen LogP contribution >= 0.6 is 11.8 Å². The molecule has 2 N–H and O–H groups in total. The molecule has 0 saturated heterocycles. The van der Waals surface area contributed by atoms with Crippen molar-refractivity contribution in [1.29, 1.82) is 0 Å². The van der Waals surface area contributed by atoms with Crippen molar-refractivity contribution >= 4 is 23.4 Å². The van der Waals surface area contributed by atoms with E-state index in [9.17, 15) is 14.7 Å². The van der Waals surface area contributed by atoms with Crippen molar-refractivity contribution in [2.24, 2.45) is 0 Å². The summed E-state index contributed by atoms with van der Waals surface area (Å²) in [7, 11) is 0.